The molecule has 0 bridgehead atoms. The number of fused-ring (bicyclic) bond motifs is 1. The normalized spacial score (nSPS) is 11.0. The zero-order valence-corrected chi connectivity index (χ0v) is 15.4. The van der Waals surface area contributed by atoms with E-state index in [0.29, 0.717) is 15.4 Å². The summed E-state index contributed by atoms with van der Waals surface area (Å²) in [5.41, 5.74) is -0.207. The third-order valence-electron chi connectivity index (χ3n) is 3.76. The van der Waals surface area contributed by atoms with E-state index >= 15 is 0 Å². The van der Waals surface area contributed by atoms with Gasteiger partial charge in [-0.3, -0.25) is 14.2 Å². The molecule has 0 atom stereocenters. The Morgan fingerprint density at radius 2 is 2.04 bits per heavy atom. The monoisotopic (exact) mass is 395 g/mol. The SMILES string of the molecule is Cn1c(SCC(=O)NCCc2c(F)cccc2F)nc2sccc2c1=O. The standard InChI is InChI=1S/C17H15F2N3O2S2/c1-22-16(24)11-6-8-25-15(11)21-17(22)26-9-14(23)20-7-5-10-12(18)3-2-4-13(10)19/h2-4,6,8H,5,7,9H2,1H3,(H,20,23). The van der Waals surface area contributed by atoms with Crippen molar-refractivity contribution in [3.05, 3.63) is 57.2 Å². The molecule has 2 heterocycles. The summed E-state index contributed by atoms with van der Waals surface area (Å²) in [5, 5.41) is 5.41. The molecule has 1 amide bonds. The third-order valence-corrected chi connectivity index (χ3v) is 5.59. The number of thioether (sulfide) groups is 1. The van der Waals surface area contributed by atoms with E-state index in [2.05, 4.69) is 10.3 Å². The van der Waals surface area contributed by atoms with Crippen molar-refractivity contribution in [3.8, 4) is 0 Å². The lowest BCUT2D eigenvalue weighted by Crippen LogP contribution is -2.28. The quantitative estimate of drug-likeness (QED) is 0.515. The largest absolute Gasteiger partial charge is 0.355 e. The molecule has 0 aliphatic carbocycles. The number of carbonyl (C=O) groups is 1. The van der Waals surface area contributed by atoms with Gasteiger partial charge in [-0.15, -0.1) is 11.3 Å². The number of hydrogen-bond acceptors (Lipinski definition) is 5. The summed E-state index contributed by atoms with van der Waals surface area (Å²) in [6, 6.07) is 5.38. The van der Waals surface area contributed by atoms with Gasteiger partial charge in [0.25, 0.3) is 5.56 Å². The predicted molar refractivity (Wildman–Crippen MR) is 98.7 cm³/mol. The minimum absolute atomic E-state index is 0.0485. The number of aromatic nitrogens is 2. The van der Waals surface area contributed by atoms with Crippen LogP contribution in [-0.4, -0.2) is 27.8 Å². The van der Waals surface area contributed by atoms with Crippen LogP contribution in [0, 0.1) is 11.6 Å². The molecule has 3 aromatic rings. The van der Waals surface area contributed by atoms with Crippen molar-refractivity contribution in [2.45, 2.75) is 11.6 Å². The molecule has 1 aromatic carbocycles. The van der Waals surface area contributed by atoms with E-state index in [1.165, 1.54) is 34.1 Å². The highest BCUT2D eigenvalue weighted by Gasteiger charge is 2.12. The highest BCUT2D eigenvalue weighted by Crippen LogP contribution is 2.20. The fourth-order valence-corrected chi connectivity index (χ4v) is 4.00. The second kappa shape index (κ2) is 7.96. The molecular formula is C17H15F2N3O2S2. The molecule has 0 spiro atoms. The van der Waals surface area contributed by atoms with Crippen molar-refractivity contribution in [1.29, 1.82) is 0 Å². The zero-order chi connectivity index (χ0) is 18.7. The molecule has 0 radical (unpaired) electrons. The van der Waals surface area contributed by atoms with Crippen LogP contribution in [0.5, 0.6) is 0 Å². The van der Waals surface area contributed by atoms with Gasteiger partial charge < -0.3 is 5.32 Å². The number of benzene rings is 1. The Bertz CT molecular complexity index is 997. The summed E-state index contributed by atoms with van der Waals surface area (Å²) >= 11 is 2.50. The van der Waals surface area contributed by atoms with Crippen LogP contribution in [-0.2, 0) is 18.3 Å². The van der Waals surface area contributed by atoms with Crippen molar-refractivity contribution in [1.82, 2.24) is 14.9 Å². The first-order valence-corrected chi connectivity index (χ1v) is 9.60. The van der Waals surface area contributed by atoms with Crippen molar-refractivity contribution in [2.24, 2.45) is 7.05 Å². The van der Waals surface area contributed by atoms with Gasteiger partial charge in [-0.25, -0.2) is 13.8 Å². The average Bonchev–Trinajstić information content (AvgIpc) is 3.08. The second-order valence-electron chi connectivity index (χ2n) is 5.49. The van der Waals surface area contributed by atoms with Crippen LogP contribution in [0.3, 0.4) is 0 Å². The van der Waals surface area contributed by atoms with Crippen LogP contribution in [0.1, 0.15) is 5.56 Å². The molecule has 2 aromatic heterocycles. The summed E-state index contributed by atoms with van der Waals surface area (Å²) in [5.74, 6) is -1.50. The molecule has 0 saturated carbocycles. The van der Waals surface area contributed by atoms with Crippen LogP contribution in [0.15, 0.2) is 39.6 Å². The van der Waals surface area contributed by atoms with E-state index in [-0.39, 0.29) is 35.7 Å². The number of amides is 1. The number of nitrogens with zero attached hydrogens (tertiary/aromatic N) is 2. The van der Waals surface area contributed by atoms with Crippen molar-refractivity contribution in [2.75, 3.05) is 12.3 Å². The van der Waals surface area contributed by atoms with Gasteiger partial charge in [0, 0.05) is 19.2 Å². The second-order valence-corrected chi connectivity index (χ2v) is 7.32. The van der Waals surface area contributed by atoms with Gasteiger partial charge in [0.2, 0.25) is 5.91 Å². The maximum Gasteiger partial charge on any atom is 0.262 e. The molecule has 0 fully saturated rings. The van der Waals surface area contributed by atoms with E-state index in [1.807, 2.05) is 0 Å². The Morgan fingerprint density at radius 1 is 1.31 bits per heavy atom. The van der Waals surface area contributed by atoms with Gasteiger partial charge in [-0.1, -0.05) is 17.8 Å². The molecular weight excluding hydrogens is 380 g/mol. The van der Waals surface area contributed by atoms with Crippen LogP contribution < -0.4 is 10.9 Å². The molecule has 1 N–H and O–H groups in total. The number of thiophene rings is 1. The molecule has 0 unspecified atom stereocenters. The maximum atomic E-state index is 13.5. The summed E-state index contributed by atoms with van der Waals surface area (Å²) in [4.78, 5) is 29.2. The van der Waals surface area contributed by atoms with Crippen molar-refractivity contribution < 1.29 is 13.6 Å². The minimum Gasteiger partial charge on any atom is -0.355 e. The van der Waals surface area contributed by atoms with E-state index in [4.69, 9.17) is 0 Å². The first-order chi connectivity index (χ1) is 12.5. The molecule has 0 aliphatic heterocycles. The molecule has 9 heteroatoms. The lowest BCUT2D eigenvalue weighted by Gasteiger charge is -2.08. The van der Waals surface area contributed by atoms with E-state index in [9.17, 15) is 18.4 Å². The Labute approximate surface area is 156 Å². The van der Waals surface area contributed by atoms with Gasteiger partial charge in [0.15, 0.2) is 5.16 Å². The smallest absolute Gasteiger partial charge is 0.262 e. The minimum atomic E-state index is -0.628. The maximum absolute atomic E-state index is 13.5. The van der Waals surface area contributed by atoms with Crippen molar-refractivity contribution >= 4 is 39.2 Å². The lowest BCUT2D eigenvalue weighted by atomic mass is 10.1. The number of rotatable bonds is 6. The van der Waals surface area contributed by atoms with Crippen molar-refractivity contribution in [3.63, 3.8) is 0 Å². The predicted octanol–water partition coefficient (Wildman–Crippen LogP) is 2.72. The van der Waals surface area contributed by atoms with Gasteiger partial charge in [-0.05, 0) is 30.0 Å². The summed E-state index contributed by atoms with van der Waals surface area (Å²) in [6.45, 7) is 0.119. The Hall–Kier alpha value is -2.26. The lowest BCUT2D eigenvalue weighted by molar-refractivity contribution is -0.118. The summed E-state index contributed by atoms with van der Waals surface area (Å²) in [6.07, 6.45) is 0.0623. The number of carbonyl (C=O) groups excluding carboxylic acids is 1. The Kier molecular flexibility index (Phi) is 5.67. The highest BCUT2D eigenvalue weighted by atomic mass is 32.2. The first kappa shape index (κ1) is 18.5. The van der Waals surface area contributed by atoms with E-state index in [1.54, 1.807) is 18.5 Å². The van der Waals surface area contributed by atoms with Gasteiger partial charge in [-0.2, -0.15) is 0 Å². The summed E-state index contributed by atoms with van der Waals surface area (Å²) < 4.78 is 28.5. The van der Waals surface area contributed by atoms with Crippen LogP contribution in [0.2, 0.25) is 0 Å². The van der Waals surface area contributed by atoms with Crippen LogP contribution >= 0.6 is 23.1 Å². The number of hydrogen-bond donors (Lipinski definition) is 1. The average molecular weight is 395 g/mol. The topological polar surface area (TPSA) is 64.0 Å². The molecule has 26 heavy (non-hydrogen) atoms. The summed E-state index contributed by atoms with van der Waals surface area (Å²) in [7, 11) is 1.60. The molecule has 0 aliphatic rings. The van der Waals surface area contributed by atoms with E-state index in [0.717, 1.165) is 11.8 Å². The fourth-order valence-electron chi connectivity index (χ4n) is 2.39. The highest BCUT2D eigenvalue weighted by molar-refractivity contribution is 7.99. The third kappa shape index (κ3) is 3.94. The fraction of sp³-hybridized carbons (Fsp3) is 0.235. The molecule has 5 nitrogen and oxygen atoms in total. The van der Waals surface area contributed by atoms with Gasteiger partial charge >= 0.3 is 0 Å². The Morgan fingerprint density at radius 3 is 2.77 bits per heavy atom. The van der Waals surface area contributed by atoms with Crippen LogP contribution in [0.25, 0.3) is 10.2 Å². The Balaban J connectivity index is 1.56. The van der Waals surface area contributed by atoms with Gasteiger partial charge in [0.1, 0.15) is 16.5 Å². The molecule has 136 valence electrons. The molecule has 3 rings (SSSR count). The number of nitrogens with one attached hydrogen (secondary N) is 1. The molecule has 0 saturated heterocycles. The zero-order valence-electron chi connectivity index (χ0n) is 13.8. The number of halogens is 2. The first-order valence-electron chi connectivity index (χ1n) is 7.74. The van der Waals surface area contributed by atoms with Crippen LogP contribution in [0.4, 0.5) is 8.78 Å². The van der Waals surface area contributed by atoms with E-state index < -0.39 is 11.6 Å². The van der Waals surface area contributed by atoms with Gasteiger partial charge in [0.05, 0.1) is 11.1 Å².